The Bertz CT molecular complexity index is 670. The van der Waals surface area contributed by atoms with E-state index in [2.05, 4.69) is 10.3 Å². The van der Waals surface area contributed by atoms with E-state index in [-0.39, 0.29) is 5.91 Å². The number of hydrogen-bond donors (Lipinski definition) is 1. The molecule has 0 saturated heterocycles. The Morgan fingerprint density at radius 3 is 3.11 bits per heavy atom. The van der Waals surface area contributed by atoms with Crippen molar-refractivity contribution in [2.75, 3.05) is 0 Å². The third kappa shape index (κ3) is 1.86. The van der Waals surface area contributed by atoms with Gasteiger partial charge in [-0.15, -0.1) is 0 Å². The van der Waals surface area contributed by atoms with Crippen LogP contribution in [0.1, 0.15) is 16.1 Å². The molecule has 3 aromatic heterocycles. The molecule has 3 aromatic rings. The van der Waals surface area contributed by atoms with Crippen LogP contribution in [0.25, 0.3) is 5.65 Å². The second-order valence-corrected chi connectivity index (χ2v) is 3.84. The lowest BCUT2D eigenvalue weighted by Crippen LogP contribution is -2.23. The monoisotopic (exact) mass is 241 g/mol. The molecule has 18 heavy (non-hydrogen) atoms. The summed E-state index contributed by atoms with van der Waals surface area (Å²) >= 11 is 0. The number of pyridine rings is 1. The van der Waals surface area contributed by atoms with Crippen LogP contribution in [-0.2, 0) is 6.54 Å². The summed E-state index contributed by atoms with van der Waals surface area (Å²) in [5.41, 5.74) is 1.20. The van der Waals surface area contributed by atoms with Crippen LogP contribution in [-0.4, -0.2) is 15.3 Å². The van der Waals surface area contributed by atoms with Gasteiger partial charge in [-0.1, -0.05) is 0 Å². The first kappa shape index (κ1) is 10.6. The Labute approximate surface area is 103 Å². The van der Waals surface area contributed by atoms with Crippen LogP contribution < -0.4 is 5.32 Å². The molecule has 1 N–H and O–H groups in total. The molecule has 0 unspecified atom stereocenters. The minimum absolute atomic E-state index is 0.164. The highest BCUT2D eigenvalue weighted by Crippen LogP contribution is 2.08. The van der Waals surface area contributed by atoms with Crippen molar-refractivity contribution in [1.82, 2.24) is 14.7 Å². The van der Waals surface area contributed by atoms with E-state index in [1.165, 1.54) is 0 Å². The molecule has 0 aliphatic rings. The number of nitrogens with zero attached hydrogens (tertiary/aromatic N) is 2. The Balaban J connectivity index is 1.81. The lowest BCUT2D eigenvalue weighted by Gasteiger charge is -2.04. The van der Waals surface area contributed by atoms with Crippen LogP contribution in [0.2, 0.25) is 0 Å². The van der Waals surface area contributed by atoms with E-state index in [9.17, 15) is 4.79 Å². The maximum absolute atomic E-state index is 12.0. The summed E-state index contributed by atoms with van der Waals surface area (Å²) in [5, 5.41) is 2.80. The molecule has 0 saturated carbocycles. The Hall–Kier alpha value is -2.56. The highest BCUT2D eigenvalue weighted by Gasteiger charge is 2.11. The molecule has 1 amide bonds. The van der Waals surface area contributed by atoms with Gasteiger partial charge < -0.3 is 14.1 Å². The largest absolute Gasteiger partial charge is 0.467 e. The number of nitrogens with one attached hydrogen (secondary N) is 1. The fourth-order valence-corrected chi connectivity index (χ4v) is 1.80. The van der Waals surface area contributed by atoms with Gasteiger partial charge in [0.05, 0.1) is 18.4 Å². The fourth-order valence-electron chi connectivity index (χ4n) is 1.80. The van der Waals surface area contributed by atoms with E-state index in [0.717, 1.165) is 5.76 Å². The standard InChI is InChI=1S/C13H11N3O2/c17-13(15-9-10-3-2-8-18-10)11-4-1-6-16-7-5-14-12(11)16/h1-8H,9H2,(H,15,17). The van der Waals surface area contributed by atoms with Crippen molar-refractivity contribution in [2.45, 2.75) is 6.54 Å². The lowest BCUT2D eigenvalue weighted by atomic mass is 10.2. The first-order chi connectivity index (χ1) is 8.84. The average molecular weight is 241 g/mol. The molecule has 0 spiro atoms. The predicted molar refractivity (Wildman–Crippen MR) is 65.1 cm³/mol. The number of aromatic nitrogens is 2. The van der Waals surface area contributed by atoms with E-state index in [0.29, 0.717) is 17.8 Å². The molecule has 0 aliphatic heterocycles. The van der Waals surface area contributed by atoms with E-state index < -0.39 is 0 Å². The van der Waals surface area contributed by atoms with Crippen molar-refractivity contribution in [1.29, 1.82) is 0 Å². The number of amides is 1. The zero-order valence-electron chi connectivity index (χ0n) is 9.54. The van der Waals surface area contributed by atoms with Gasteiger partial charge in [-0.05, 0) is 24.3 Å². The molecule has 0 atom stereocenters. The molecule has 90 valence electrons. The Kier molecular flexibility index (Phi) is 2.57. The van der Waals surface area contributed by atoms with Gasteiger partial charge in [-0.25, -0.2) is 4.98 Å². The highest BCUT2D eigenvalue weighted by atomic mass is 16.3. The van der Waals surface area contributed by atoms with Crippen molar-refractivity contribution in [2.24, 2.45) is 0 Å². The number of imidazole rings is 1. The number of rotatable bonds is 3. The zero-order chi connectivity index (χ0) is 12.4. The van der Waals surface area contributed by atoms with Crippen molar-refractivity contribution in [3.63, 3.8) is 0 Å². The minimum Gasteiger partial charge on any atom is -0.467 e. The highest BCUT2D eigenvalue weighted by molar-refractivity contribution is 5.99. The number of carbonyl (C=O) groups excluding carboxylic acids is 1. The van der Waals surface area contributed by atoms with Gasteiger partial charge in [0.2, 0.25) is 0 Å². The van der Waals surface area contributed by atoms with Gasteiger partial charge in [0.1, 0.15) is 11.4 Å². The molecule has 3 heterocycles. The SMILES string of the molecule is O=C(NCc1ccco1)c1cccn2ccnc12. The van der Waals surface area contributed by atoms with Gasteiger partial charge in [-0.3, -0.25) is 4.79 Å². The quantitative estimate of drug-likeness (QED) is 0.761. The predicted octanol–water partition coefficient (Wildman–Crippen LogP) is 1.86. The third-order valence-corrected chi connectivity index (χ3v) is 2.67. The van der Waals surface area contributed by atoms with Crippen molar-refractivity contribution in [3.05, 3.63) is 60.4 Å². The van der Waals surface area contributed by atoms with Crippen molar-refractivity contribution < 1.29 is 9.21 Å². The van der Waals surface area contributed by atoms with Crippen molar-refractivity contribution >= 4 is 11.6 Å². The molecule has 3 rings (SSSR count). The maximum atomic E-state index is 12.0. The summed E-state index contributed by atoms with van der Waals surface area (Å²) in [7, 11) is 0. The number of fused-ring (bicyclic) bond motifs is 1. The smallest absolute Gasteiger partial charge is 0.255 e. The maximum Gasteiger partial charge on any atom is 0.255 e. The van der Waals surface area contributed by atoms with Gasteiger partial charge >= 0.3 is 0 Å². The van der Waals surface area contributed by atoms with E-state index >= 15 is 0 Å². The second-order valence-electron chi connectivity index (χ2n) is 3.84. The molecule has 0 radical (unpaired) electrons. The fraction of sp³-hybridized carbons (Fsp3) is 0.0769. The lowest BCUT2D eigenvalue weighted by molar-refractivity contribution is 0.0949. The van der Waals surface area contributed by atoms with E-state index in [1.807, 2.05) is 22.7 Å². The van der Waals surface area contributed by atoms with E-state index in [1.54, 1.807) is 30.8 Å². The van der Waals surface area contributed by atoms with Gasteiger partial charge in [0.25, 0.3) is 5.91 Å². The van der Waals surface area contributed by atoms with Gasteiger partial charge in [0, 0.05) is 18.6 Å². The Morgan fingerprint density at radius 2 is 2.28 bits per heavy atom. The van der Waals surface area contributed by atoms with Crippen LogP contribution in [0.3, 0.4) is 0 Å². The molecule has 5 heteroatoms. The number of hydrogen-bond acceptors (Lipinski definition) is 3. The molecular weight excluding hydrogens is 230 g/mol. The van der Waals surface area contributed by atoms with Crippen LogP contribution in [0.5, 0.6) is 0 Å². The van der Waals surface area contributed by atoms with Crippen LogP contribution in [0.15, 0.2) is 53.5 Å². The molecule has 5 nitrogen and oxygen atoms in total. The summed E-state index contributed by atoms with van der Waals surface area (Å²) in [5.74, 6) is 0.557. The molecule has 0 fully saturated rings. The zero-order valence-corrected chi connectivity index (χ0v) is 9.54. The Morgan fingerprint density at radius 1 is 1.33 bits per heavy atom. The normalized spacial score (nSPS) is 10.7. The first-order valence-electron chi connectivity index (χ1n) is 5.57. The summed E-state index contributed by atoms with van der Waals surface area (Å²) in [6.45, 7) is 0.369. The first-order valence-corrected chi connectivity index (χ1v) is 5.57. The van der Waals surface area contributed by atoms with Gasteiger partial charge in [-0.2, -0.15) is 0 Å². The molecule has 0 aromatic carbocycles. The third-order valence-electron chi connectivity index (χ3n) is 2.67. The minimum atomic E-state index is -0.164. The summed E-state index contributed by atoms with van der Waals surface area (Å²) < 4.78 is 6.96. The number of furan rings is 1. The summed E-state index contributed by atoms with van der Waals surface area (Å²) in [6.07, 6.45) is 6.90. The summed E-state index contributed by atoms with van der Waals surface area (Å²) in [6, 6.07) is 7.17. The molecule has 0 bridgehead atoms. The van der Waals surface area contributed by atoms with Crippen molar-refractivity contribution in [3.8, 4) is 0 Å². The van der Waals surface area contributed by atoms with Crippen LogP contribution in [0.4, 0.5) is 0 Å². The molecule has 0 aliphatic carbocycles. The summed E-state index contributed by atoms with van der Waals surface area (Å²) in [4.78, 5) is 16.2. The van der Waals surface area contributed by atoms with E-state index in [4.69, 9.17) is 4.42 Å². The van der Waals surface area contributed by atoms with Gasteiger partial charge in [0.15, 0.2) is 0 Å². The second kappa shape index (κ2) is 4.37. The van der Waals surface area contributed by atoms with Crippen LogP contribution >= 0.6 is 0 Å². The van der Waals surface area contributed by atoms with Crippen LogP contribution in [0, 0.1) is 0 Å². The molecular formula is C13H11N3O2. The average Bonchev–Trinajstić information content (AvgIpc) is 3.05. The topological polar surface area (TPSA) is 59.5 Å². The number of carbonyl (C=O) groups is 1.